The number of rotatable bonds is 1. The van der Waals surface area contributed by atoms with Gasteiger partial charge in [-0.3, -0.25) is 9.59 Å². The van der Waals surface area contributed by atoms with Gasteiger partial charge in [0.1, 0.15) is 0 Å². The molecule has 3 unspecified atom stereocenters. The van der Waals surface area contributed by atoms with Crippen LogP contribution >= 0.6 is 0 Å². The van der Waals surface area contributed by atoms with Gasteiger partial charge in [0.15, 0.2) is 0 Å². The second-order valence-electron chi connectivity index (χ2n) is 6.25. The standard InChI is InChI=1S/C15H27N3O2/c1-11-13(5-3-6-14(11)16)15(20)18-8-4-7-17(9-10-18)12(2)19/h11,13-14H,3-10,16H2,1-2H3. The molecule has 5 nitrogen and oxygen atoms in total. The van der Waals surface area contributed by atoms with Crippen molar-refractivity contribution >= 4 is 11.8 Å². The molecule has 3 atom stereocenters. The highest BCUT2D eigenvalue weighted by molar-refractivity contribution is 5.79. The van der Waals surface area contributed by atoms with E-state index in [1.807, 2.05) is 9.80 Å². The first-order valence-corrected chi connectivity index (χ1v) is 7.80. The van der Waals surface area contributed by atoms with Gasteiger partial charge in [0.05, 0.1) is 0 Å². The average molecular weight is 281 g/mol. The summed E-state index contributed by atoms with van der Waals surface area (Å²) in [6, 6.07) is 0.151. The number of carbonyl (C=O) groups excluding carboxylic acids is 2. The first kappa shape index (κ1) is 15.3. The number of carbonyl (C=O) groups is 2. The van der Waals surface area contributed by atoms with E-state index in [4.69, 9.17) is 5.73 Å². The maximum absolute atomic E-state index is 12.7. The third kappa shape index (κ3) is 3.32. The van der Waals surface area contributed by atoms with Crippen molar-refractivity contribution < 1.29 is 9.59 Å². The zero-order chi connectivity index (χ0) is 14.7. The van der Waals surface area contributed by atoms with Gasteiger partial charge in [0, 0.05) is 45.1 Å². The first-order chi connectivity index (χ1) is 9.50. The van der Waals surface area contributed by atoms with Crippen molar-refractivity contribution in [3.8, 4) is 0 Å². The number of nitrogens with zero attached hydrogens (tertiary/aromatic N) is 2. The van der Waals surface area contributed by atoms with E-state index in [2.05, 4.69) is 6.92 Å². The van der Waals surface area contributed by atoms with Gasteiger partial charge in [-0.1, -0.05) is 13.3 Å². The summed E-state index contributed by atoms with van der Waals surface area (Å²) in [7, 11) is 0. The zero-order valence-electron chi connectivity index (χ0n) is 12.7. The molecule has 114 valence electrons. The SMILES string of the molecule is CC(=O)N1CCCN(C(=O)C2CCCC(N)C2C)CC1. The minimum atomic E-state index is 0.0719. The Kier molecular flexibility index (Phi) is 5.02. The Hall–Kier alpha value is -1.10. The molecule has 2 amide bonds. The predicted molar refractivity (Wildman–Crippen MR) is 77.9 cm³/mol. The van der Waals surface area contributed by atoms with Gasteiger partial charge in [-0.05, 0) is 25.2 Å². The van der Waals surface area contributed by atoms with Gasteiger partial charge >= 0.3 is 0 Å². The summed E-state index contributed by atoms with van der Waals surface area (Å²) in [5.41, 5.74) is 6.11. The molecule has 0 spiro atoms. The maximum atomic E-state index is 12.7. The van der Waals surface area contributed by atoms with Crippen molar-refractivity contribution in [3.63, 3.8) is 0 Å². The lowest BCUT2D eigenvalue weighted by molar-refractivity contribution is -0.139. The second kappa shape index (κ2) is 6.57. The van der Waals surface area contributed by atoms with Crippen LogP contribution in [0.2, 0.25) is 0 Å². The van der Waals surface area contributed by atoms with E-state index >= 15 is 0 Å². The Balaban J connectivity index is 1.96. The van der Waals surface area contributed by atoms with Crippen LogP contribution in [0.4, 0.5) is 0 Å². The van der Waals surface area contributed by atoms with Crippen LogP contribution in [0.25, 0.3) is 0 Å². The van der Waals surface area contributed by atoms with E-state index in [1.54, 1.807) is 6.92 Å². The van der Waals surface area contributed by atoms with E-state index < -0.39 is 0 Å². The van der Waals surface area contributed by atoms with E-state index in [1.165, 1.54) is 0 Å². The molecule has 2 N–H and O–H groups in total. The van der Waals surface area contributed by atoms with Crippen LogP contribution < -0.4 is 5.73 Å². The summed E-state index contributed by atoms with van der Waals surface area (Å²) in [6.45, 7) is 6.55. The fourth-order valence-electron chi connectivity index (χ4n) is 3.43. The summed E-state index contributed by atoms with van der Waals surface area (Å²) in [5, 5.41) is 0. The van der Waals surface area contributed by atoms with E-state index in [-0.39, 0.29) is 29.7 Å². The van der Waals surface area contributed by atoms with Gasteiger partial charge in [0.25, 0.3) is 0 Å². The fourth-order valence-corrected chi connectivity index (χ4v) is 3.43. The number of nitrogens with two attached hydrogens (primary N) is 1. The second-order valence-corrected chi connectivity index (χ2v) is 6.25. The van der Waals surface area contributed by atoms with Gasteiger partial charge in [-0.2, -0.15) is 0 Å². The molecule has 0 aromatic rings. The number of hydrogen-bond acceptors (Lipinski definition) is 3. The van der Waals surface area contributed by atoms with Crippen molar-refractivity contribution in [3.05, 3.63) is 0 Å². The molecule has 1 saturated heterocycles. The van der Waals surface area contributed by atoms with E-state index in [0.29, 0.717) is 13.1 Å². The van der Waals surface area contributed by atoms with Crippen LogP contribution in [0.3, 0.4) is 0 Å². The molecular weight excluding hydrogens is 254 g/mol. The molecule has 1 saturated carbocycles. The third-order valence-electron chi connectivity index (χ3n) is 4.93. The lowest BCUT2D eigenvalue weighted by atomic mass is 9.76. The van der Waals surface area contributed by atoms with E-state index in [9.17, 15) is 9.59 Å². The topological polar surface area (TPSA) is 66.6 Å². The smallest absolute Gasteiger partial charge is 0.226 e. The maximum Gasteiger partial charge on any atom is 0.226 e. The highest BCUT2D eigenvalue weighted by atomic mass is 16.2. The minimum Gasteiger partial charge on any atom is -0.341 e. The lowest BCUT2D eigenvalue weighted by Crippen LogP contribution is -2.47. The summed E-state index contributed by atoms with van der Waals surface area (Å²) < 4.78 is 0. The predicted octanol–water partition coefficient (Wildman–Crippen LogP) is 0.831. The highest BCUT2D eigenvalue weighted by Gasteiger charge is 2.35. The van der Waals surface area contributed by atoms with Gasteiger partial charge < -0.3 is 15.5 Å². The lowest BCUT2D eigenvalue weighted by Gasteiger charge is -2.36. The van der Waals surface area contributed by atoms with Crippen molar-refractivity contribution in [1.29, 1.82) is 0 Å². The summed E-state index contributed by atoms with van der Waals surface area (Å²) in [5.74, 6) is 0.691. The third-order valence-corrected chi connectivity index (χ3v) is 4.93. The van der Waals surface area contributed by atoms with Crippen molar-refractivity contribution in [2.24, 2.45) is 17.6 Å². The Labute approximate surface area is 121 Å². The average Bonchev–Trinajstić information content (AvgIpc) is 2.67. The van der Waals surface area contributed by atoms with Crippen LogP contribution in [0.15, 0.2) is 0 Å². The van der Waals surface area contributed by atoms with Gasteiger partial charge in [-0.25, -0.2) is 0 Å². The molecule has 0 bridgehead atoms. The molecule has 2 aliphatic rings. The Morgan fingerprint density at radius 2 is 1.65 bits per heavy atom. The Bertz CT molecular complexity index is 372. The normalized spacial score (nSPS) is 31.9. The van der Waals surface area contributed by atoms with Gasteiger partial charge in [-0.15, -0.1) is 0 Å². The Morgan fingerprint density at radius 3 is 2.35 bits per heavy atom. The molecule has 2 rings (SSSR count). The van der Waals surface area contributed by atoms with Crippen molar-refractivity contribution in [2.75, 3.05) is 26.2 Å². The summed E-state index contributed by atoms with van der Waals surface area (Å²) >= 11 is 0. The molecular formula is C15H27N3O2. The number of amides is 2. The van der Waals surface area contributed by atoms with Crippen LogP contribution in [0, 0.1) is 11.8 Å². The largest absolute Gasteiger partial charge is 0.341 e. The van der Waals surface area contributed by atoms with Crippen molar-refractivity contribution in [1.82, 2.24) is 9.80 Å². The molecule has 1 aliphatic carbocycles. The monoisotopic (exact) mass is 281 g/mol. The first-order valence-electron chi connectivity index (χ1n) is 7.80. The van der Waals surface area contributed by atoms with Gasteiger partial charge in [0.2, 0.25) is 11.8 Å². The molecule has 1 heterocycles. The highest BCUT2D eigenvalue weighted by Crippen LogP contribution is 2.30. The van der Waals surface area contributed by atoms with Crippen LogP contribution in [-0.4, -0.2) is 53.8 Å². The molecule has 1 aliphatic heterocycles. The van der Waals surface area contributed by atoms with Crippen LogP contribution in [-0.2, 0) is 9.59 Å². The quantitative estimate of drug-likeness (QED) is 0.774. The molecule has 5 heteroatoms. The Morgan fingerprint density at radius 1 is 1.00 bits per heavy atom. The zero-order valence-corrected chi connectivity index (χ0v) is 12.7. The number of hydrogen-bond donors (Lipinski definition) is 1. The molecule has 2 fully saturated rings. The molecule has 20 heavy (non-hydrogen) atoms. The molecule has 0 radical (unpaired) electrons. The molecule has 0 aromatic heterocycles. The fraction of sp³-hybridized carbons (Fsp3) is 0.867. The van der Waals surface area contributed by atoms with Crippen LogP contribution in [0.5, 0.6) is 0 Å². The summed E-state index contributed by atoms with van der Waals surface area (Å²) in [4.78, 5) is 27.9. The van der Waals surface area contributed by atoms with Crippen LogP contribution in [0.1, 0.15) is 39.5 Å². The summed E-state index contributed by atoms with van der Waals surface area (Å²) in [6.07, 6.45) is 3.91. The minimum absolute atomic E-state index is 0.0719. The molecule has 0 aromatic carbocycles. The van der Waals surface area contributed by atoms with E-state index in [0.717, 1.165) is 38.8 Å². The van der Waals surface area contributed by atoms with Crippen molar-refractivity contribution in [2.45, 2.75) is 45.6 Å².